The van der Waals surface area contributed by atoms with Crippen LogP contribution in [0.25, 0.3) is 0 Å². The predicted octanol–water partition coefficient (Wildman–Crippen LogP) is 2.10. The van der Waals surface area contributed by atoms with Gasteiger partial charge in [0.2, 0.25) is 0 Å². The van der Waals surface area contributed by atoms with E-state index in [0.717, 1.165) is 31.5 Å². The van der Waals surface area contributed by atoms with Crippen molar-refractivity contribution >= 4 is 6.09 Å². The summed E-state index contributed by atoms with van der Waals surface area (Å²) in [6.45, 7) is 5.54. The van der Waals surface area contributed by atoms with Gasteiger partial charge in [-0.1, -0.05) is 37.3 Å². The molecule has 1 N–H and O–H groups in total. The predicted molar refractivity (Wildman–Crippen MR) is 85.6 cm³/mol. The second-order valence-electron chi connectivity index (χ2n) is 5.63. The Kier molecular flexibility index (Phi) is 6.68. The minimum Gasteiger partial charge on any atom is -0.445 e. The first-order chi connectivity index (χ1) is 10.7. The summed E-state index contributed by atoms with van der Waals surface area (Å²) in [7, 11) is 0. The molecule has 2 rings (SSSR count). The van der Waals surface area contributed by atoms with Gasteiger partial charge in [0.1, 0.15) is 6.61 Å². The first-order valence-electron chi connectivity index (χ1n) is 8.05. The van der Waals surface area contributed by atoms with Gasteiger partial charge in [-0.3, -0.25) is 4.90 Å². The van der Waals surface area contributed by atoms with Crippen LogP contribution in [-0.2, 0) is 11.3 Å². The number of hydrogen-bond acceptors (Lipinski definition) is 4. The highest BCUT2D eigenvalue weighted by Gasteiger charge is 2.27. The van der Waals surface area contributed by atoms with E-state index in [0.29, 0.717) is 25.7 Å². The Morgan fingerprint density at radius 2 is 2.18 bits per heavy atom. The van der Waals surface area contributed by atoms with Crippen LogP contribution in [0, 0.1) is 0 Å². The molecule has 0 radical (unpaired) electrons. The van der Waals surface area contributed by atoms with Crippen LogP contribution >= 0.6 is 0 Å². The van der Waals surface area contributed by atoms with Crippen LogP contribution in [0.5, 0.6) is 0 Å². The van der Waals surface area contributed by atoms with Crippen LogP contribution in [0.4, 0.5) is 4.79 Å². The number of benzene rings is 1. The van der Waals surface area contributed by atoms with Crippen molar-refractivity contribution in [2.75, 3.05) is 32.8 Å². The molecule has 1 saturated heterocycles. The van der Waals surface area contributed by atoms with Crippen molar-refractivity contribution < 1.29 is 14.6 Å². The van der Waals surface area contributed by atoms with Gasteiger partial charge in [0.25, 0.3) is 0 Å². The molecule has 1 aromatic carbocycles. The fourth-order valence-electron chi connectivity index (χ4n) is 2.96. The second-order valence-corrected chi connectivity index (χ2v) is 5.63. The van der Waals surface area contributed by atoms with E-state index >= 15 is 0 Å². The summed E-state index contributed by atoms with van der Waals surface area (Å²) in [6, 6.07) is 10.0. The van der Waals surface area contributed by atoms with Gasteiger partial charge in [-0.2, -0.15) is 0 Å². The van der Waals surface area contributed by atoms with Gasteiger partial charge in [0.05, 0.1) is 6.61 Å². The third-order valence-corrected chi connectivity index (χ3v) is 4.17. The fraction of sp³-hybridized carbons (Fsp3) is 0.588. The number of nitrogens with zero attached hydrogens (tertiary/aromatic N) is 2. The highest BCUT2D eigenvalue weighted by molar-refractivity contribution is 5.67. The van der Waals surface area contributed by atoms with E-state index in [9.17, 15) is 4.79 Å². The van der Waals surface area contributed by atoms with Crippen LogP contribution in [0.1, 0.15) is 25.3 Å². The molecule has 1 fully saturated rings. The number of likely N-dealkylation sites (N-methyl/N-ethyl adjacent to an activating group) is 1. The molecule has 5 nitrogen and oxygen atoms in total. The molecule has 5 heteroatoms. The average Bonchev–Trinajstić information content (AvgIpc) is 2.58. The Balaban J connectivity index is 1.84. The molecular weight excluding hydrogens is 280 g/mol. The lowest BCUT2D eigenvalue weighted by Crippen LogP contribution is -2.50. The first kappa shape index (κ1) is 16.8. The summed E-state index contributed by atoms with van der Waals surface area (Å²) in [4.78, 5) is 16.2. The molecule has 1 amide bonds. The number of carbonyl (C=O) groups excluding carboxylic acids is 1. The van der Waals surface area contributed by atoms with E-state index < -0.39 is 0 Å². The van der Waals surface area contributed by atoms with Gasteiger partial charge >= 0.3 is 6.09 Å². The summed E-state index contributed by atoms with van der Waals surface area (Å²) in [6.07, 6.45) is 1.80. The fourth-order valence-corrected chi connectivity index (χ4v) is 2.96. The van der Waals surface area contributed by atoms with E-state index in [-0.39, 0.29) is 12.7 Å². The molecule has 0 spiro atoms. The highest BCUT2D eigenvalue weighted by atomic mass is 16.6. The summed E-state index contributed by atoms with van der Waals surface area (Å²) in [5.74, 6) is 0. The molecule has 1 aliphatic rings. The average molecular weight is 306 g/mol. The SMILES string of the molecule is CCN(CCO)[C@H]1CCCN(C(=O)OCc2ccccc2)C1. The van der Waals surface area contributed by atoms with Crippen molar-refractivity contribution in [1.29, 1.82) is 0 Å². The molecular formula is C17H26N2O3. The second kappa shape index (κ2) is 8.76. The summed E-state index contributed by atoms with van der Waals surface area (Å²) in [5.41, 5.74) is 1.000. The third kappa shape index (κ3) is 4.71. The van der Waals surface area contributed by atoms with Crippen LogP contribution in [-0.4, -0.2) is 59.8 Å². The molecule has 0 aromatic heterocycles. The molecule has 0 unspecified atom stereocenters. The maximum absolute atomic E-state index is 12.2. The molecule has 1 aliphatic heterocycles. The molecule has 0 bridgehead atoms. The van der Waals surface area contributed by atoms with Gasteiger partial charge in [0.15, 0.2) is 0 Å². The number of likely N-dealkylation sites (tertiary alicyclic amines) is 1. The summed E-state index contributed by atoms with van der Waals surface area (Å²) >= 11 is 0. The normalized spacial score (nSPS) is 18.5. The largest absolute Gasteiger partial charge is 0.445 e. The Bertz CT molecular complexity index is 452. The summed E-state index contributed by atoms with van der Waals surface area (Å²) in [5, 5.41) is 9.14. The minimum atomic E-state index is -0.242. The van der Waals surface area contributed by atoms with Crippen molar-refractivity contribution in [3.8, 4) is 0 Å². The van der Waals surface area contributed by atoms with Crippen LogP contribution in [0.3, 0.4) is 0 Å². The number of aliphatic hydroxyl groups excluding tert-OH is 1. The zero-order valence-electron chi connectivity index (χ0n) is 13.3. The zero-order valence-corrected chi connectivity index (χ0v) is 13.3. The van der Waals surface area contributed by atoms with Gasteiger partial charge in [0, 0.05) is 25.7 Å². The molecule has 1 aromatic rings. The number of ether oxygens (including phenoxy) is 1. The molecule has 1 heterocycles. The smallest absolute Gasteiger partial charge is 0.410 e. The lowest BCUT2D eigenvalue weighted by atomic mass is 10.0. The number of carbonyl (C=O) groups is 1. The van der Waals surface area contributed by atoms with E-state index in [1.165, 1.54) is 0 Å². The van der Waals surface area contributed by atoms with E-state index in [1.807, 2.05) is 30.3 Å². The Morgan fingerprint density at radius 1 is 1.41 bits per heavy atom. The van der Waals surface area contributed by atoms with Crippen molar-refractivity contribution in [2.24, 2.45) is 0 Å². The van der Waals surface area contributed by atoms with E-state index in [1.54, 1.807) is 4.90 Å². The van der Waals surface area contributed by atoms with E-state index in [4.69, 9.17) is 9.84 Å². The molecule has 0 saturated carbocycles. The molecule has 0 aliphatic carbocycles. The van der Waals surface area contributed by atoms with Crippen molar-refractivity contribution in [1.82, 2.24) is 9.80 Å². The maximum atomic E-state index is 12.2. The van der Waals surface area contributed by atoms with Crippen molar-refractivity contribution in [3.05, 3.63) is 35.9 Å². The third-order valence-electron chi connectivity index (χ3n) is 4.17. The standard InChI is InChI=1S/C17H26N2O3/c1-2-18(11-12-20)16-9-6-10-19(13-16)17(21)22-14-15-7-4-3-5-8-15/h3-5,7-8,16,20H,2,6,9-14H2,1H3/t16-/m0/s1. The van der Waals surface area contributed by atoms with Crippen molar-refractivity contribution in [3.63, 3.8) is 0 Å². The van der Waals surface area contributed by atoms with Crippen LogP contribution in [0.2, 0.25) is 0 Å². The maximum Gasteiger partial charge on any atom is 0.410 e. The number of rotatable bonds is 6. The monoisotopic (exact) mass is 306 g/mol. The number of aliphatic hydroxyl groups is 1. The molecule has 122 valence electrons. The van der Waals surface area contributed by atoms with Crippen LogP contribution < -0.4 is 0 Å². The minimum absolute atomic E-state index is 0.156. The number of piperidine rings is 1. The first-order valence-corrected chi connectivity index (χ1v) is 8.05. The summed E-state index contributed by atoms with van der Waals surface area (Å²) < 4.78 is 5.41. The van der Waals surface area contributed by atoms with Gasteiger partial charge in [-0.05, 0) is 24.9 Å². The van der Waals surface area contributed by atoms with Crippen LogP contribution in [0.15, 0.2) is 30.3 Å². The molecule has 1 atom stereocenters. The molecule has 22 heavy (non-hydrogen) atoms. The number of amides is 1. The van der Waals surface area contributed by atoms with Gasteiger partial charge in [-0.25, -0.2) is 4.79 Å². The van der Waals surface area contributed by atoms with Gasteiger partial charge in [-0.15, -0.1) is 0 Å². The lowest BCUT2D eigenvalue weighted by molar-refractivity contribution is 0.0570. The lowest BCUT2D eigenvalue weighted by Gasteiger charge is -2.38. The Morgan fingerprint density at radius 3 is 2.86 bits per heavy atom. The van der Waals surface area contributed by atoms with Gasteiger partial charge < -0.3 is 14.7 Å². The van der Waals surface area contributed by atoms with Crippen molar-refractivity contribution in [2.45, 2.75) is 32.4 Å². The number of hydrogen-bond donors (Lipinski definition) is 1. The Labute approximate surface area is 132 Å². The van der Waals surface area contributed by atoms with E-state index in [2.05, 4.69) is 11.8 Å². The topological polar surface area (TPSA) is 53.0 Å². The quantitative estimate of drug-likeness (QED) is 0.874. The zero-order chi connectivity index (χ0) is 15.8. The highest BCUT2D eigenvalue weighted by Crippen LogP contribution is 2.17. The Hall–Kier alpha value is -1.59.